The summed E-state index contributed by atoms with van der Waals surface area (Å²) >= 11 is 0. The Hall–Kier alpha value is -3.65. The van der Waals surface area contributed by atoms with Crippen molar-refractivity contribution in [2.45, 2.75) is 64.4 Å². The monoisotopic (exact) mass is 549 g/mol. The highest BCUT2D eigenvalue weighted by molar-refractivity contribution is 7.92. The van der Waals surface area contributed by atoms with Crippen LogP contribution in [-0.4, -0.2) is 49.8 Å². The zero-order chi connectivity index (χ0) is 28.8. The van der Waals surface area contributed by atoms with Crippen molar-refractivity contribution in [2.75, 3.05) is 17.4 Å². The largest absolute Gasteiger partial charge is 0.350 e. The van der Waals surface area contributed by atoms with E-state index in [1.54, 1.807) is 43.3 Å². The van der Waals surface area contributed by atoms with Crippen LogP contribution in [0.5, 0.6) is 0 Å². The fourth-order valence-corrected chi connectivity index (χ4v) is 5.72. The van der Waals surface area contributed by atoms with Crippen LogP contribution < -0.4 is 9.62 Å². The minimum atomic E-state index is -4.08. The molecular formula is C31H39N3O4S. The summed E-state index contributed by atoms with van der Waals surface area (Å²) in [4.78, 5) is 28.7. The molecule has 39 heavy (non-hydrogen) atoms. The number of sulfonamides is 1. The molecule has 0 aliphatic rings. The van der Waals surface area contributed by atoms with E-state index in [1.807, 2.05) is 77.1 Å². The number of amides is 2. The Kier molecular flexibility index (Phi) is 9.56. The quantitative estimate of drug-likeness (QED) is 0.391. The molecule has 0 spiro atoms. The normalized spacial score (nSPS) is 12.5. The number of hydrogen-bond acceptors (Lipinski definition) is 4. The summed E-state index contributed by atoms with van der Waals surface area (Å²) in [5.74, 6) is -0.755. The van der Waals surface area contributed by atoms with E-state index in [1.165, 1.54) is 4.90 Å². The zero-order valence-corrected chi connectivity index (χ0v) is 24.5. The van der Waals surface area contributed by atoms with E-state index >= 15 is 0 Å². The maximum Gasteiger partial charge on any atom is 0.264 e. The molecule has 0 saturated carbocycles. The molecule has 0 fully saturated rings. The molecule has 0 bridgehead atoms. The van der Waals surface area contributed by atoms with Gasteiger partial charge in [-0.2, -0.15) is 0 Å². The van der Waals surface area contributed by atoms with Crippen molar-refractivity contribution in [3.8, 4) is 0 Å². The molecule has 0 aromatic heterocycles. The average Bonchev–Trinajstić information content (AvgIpc) is 2.87. The summed E-state index contributed by atoms with van der Waals surface area (Å²) in [6.45, 7) is 10.8. The Morgan fingerprint density at radius 3 is 2.05 bits per heavy atom. The lowest BCUT2D eigenvalue weighted by Gasteiger charge is -2.33. The molecule has 2 amide bonds. The molecule has 3 aromatic carbocycles. The Morgan fingerprint density at radius 2 is 1.46 bits per heavy atom. The van der Waals surface area contributed by atoms with E-state index in [4.69, 9.17) is 0 Å². The summed E-state index contributed by atoms with van der Waals surface area (Å²) in [5, 5.41) is 2.94. The van der Waals surface area contributed by atoms with E-state index in [0.29, 0.717) is 12.1 Å². The molecule has 208 valence electrons. The lowest BCUT2D eigenvalue weighted by atomic mass is 10.1. The number of benzene rings is 3. The third kappa shape index (κ3) is 7.93. The first-order valence-corrected chi connectivity index (χ1v) is 14.5. The number of rotatable bonds is 10. The fraction of sp³-hybridized carbons (Fsp3) is 0.355. The fourth-order valence-electron chi connectivity index (χ4n) is 4.24. The first-order chi connectivity index (χ1) is 18.3. The van der Waals surface area contributed by atoms with Crippen molar-refractivity contribution < 1.29 is 18.0 Å². The van der Waals surface area contributed by atoms with Crippen LogP contribution in [0.1, 0.15) is 44.4 Å². The van der Waals surface area contributed by atoms with E-state index in [0.717, 1.165) is 21.0 Å². The molecule has 0 aliphatic heterocycles. The highest BCUT2D eigenvalue weighted by Gasteiger charge is 2.33. The van der Waals surface area contributed by atoms with Gasteiger partial charge in [0.05, 0.1) is 10.6 Å². The number of anilines is 1. The Bertz CT molecular complexity index is 1380. The lowest BCUT2D eigenvalue weighted by Crippen LogP contribution is -2.55. The molecule has 3 aromatic rings. The average molecular weight is 550 g/mol. The van der Waals surface area contributed by atoms with Crippen LogP contribution in [0.3, 0.4) is 0 Å². The van der Waals surface area contributed by atoms with Crippen molar-refractivity contribution in [1.82, 2.24) is 10.2 Å². The standard InChI is InChI=1S/C31H39N3O4S/c1-23-16-18-27(19-17-23)39(37,38)34(28-15-11-10-12-24(28)2)22-29(35)33(21-20-26-13-8-7-9-14-26)25(3)30(36)32-31(4,5)6/h7-19,25H,20-22H2,1-6H3,(H,32,36)/t25-/m0/s1. The Balaban J connectivity index is 1.99. The van der Waals surface area contributed by atoms with E-state index in [9.17, 15) is 18.0 Å². The van der Waals surface area contributed by atoms with Gasteiger partial charge in [-0.1, -0.05) is 66.2 Å². The molecule has 1 atom stereocenters. The van der Waals surface area contributed by atoms with Gasteiger partial charge in [0, 0.05) is 12.1 Å². The molecule has 3 rings (SSSR count). The predicted octanol–water partition coefficient (Wildman–Crippen LogP) is 4.87. The summed E-state index contributed by atoms with van der Waals surface area (Å²) in [7, 11) is -4.08. The maximum absolute atomic E-state index is 13.9. The molecule has 8 heteroatoms. The van der Waals surface area contributed by atoms with Crippen LogP contribution in [0.15, 0.2) is 83.8 Å². The number of para-hydroxylation sites is 1. The Labute approximate surface area is 232 Å². The van der Waals surface area contributed by atoms with E-state index in [-0.39, 0.29) is 17.3 Å². The van der Waals surface area contributed by atoms with Gasteiger partial charge in [0.1, 0.15) is 12.6 Å². The summed E-state index contributed by atoms with van der Waals surface area (Å²) in [6.07, 6.45) is 0.523. The molecule has 7 nitrogen and oxygen atoms in total. The first kappa shape index (κ1) is 29.9. The van der Waals surface area contributed by atoms with Gasteiger partial charge in [-0.25, -0.2) is 8.42 Å². The van der Waals surface area contributed by atoms with Crippen LogP contribution in [0.2, 0.25) is 0 Å². The van der Waals surface area contributed by atoms with Crippen molar-refractivity contribution >= 4 is 27.5 Å². The van der Waals surface area contributed by atoms with E-state index < -0.39 is 34.1 Å². The number of nitrogens with zero attached hydrogens (tertiary/aromatic N) is 2. The van der Waals surface area contributed by atoms with Gasteiger partial charge in [-0.05, 0) is 77.3 Å². The van der Waals surface area contributed by atoms with Gasteiger partial charge in [0.2, 0.25) is 11.8 Å². The third-order valence-corrected chi connectivity index (χ3v) is 8.20. The highest BCUT2D eigenvalue weighted by Crippen LogP contribution is 2.27. The minimum Gasteiger partial charge on any atom is -0.350 e. The van der Waals surface area contributed by atoms with Gasteiger partial charge in [-0.15, -0.1) is 0 Å². The van der Waals surface area contributed by atoms with Crippen molar-refractivity contribution in [3.63, 3.8) is 0 Å². The molecular weight excluding hydrogens is 510 g/mol. The van der Waals surface area contributed by atoms with E-state index in [2.05, 4.69) is 5.32 Å². The molecule has 0 aliphatic carbocycles. The van der Waals surface area contributed by atoms with Crippen LogP contribution in [-0.2, 0) is 26.0 Å². The molecule has 0 radical (unpaired) electrons. The van der Waals surface area contributed by atoms with Gasteiger partial charge in [0.25, 0.3) is 10.0 Å². The summed E-state index contributed by atoms with van der Waals surface area (Å²) in [5.41, 5.74) is 2.60. The van der Waals surface area contributed by atoms with Crippen LogP contribution in [0, 0.1) is 13.8 Å². The predicted molar refractivity (Wildman–Crippen MR) is 156 cm³/mol. The Morgan fingerprint density at radius 1 is 0.872 bits per heavy atom. The molecule has 0 heterocycles. The maximum atomic E-state index is 13.9. The molecule has 1 N–H and O–H groups in total. The number of aryl methyl sites for hydroxylation is 2. The minimum absolute atomic E-state index is 0.0958. The van der Waals surface area contributed by atoms with Crippen LogP contribution in [0.4, 0.5) is 5.69 Å². The zero-order valence-electron chi connectivity index (χ0n) is 23.6. The second-order valence-corrected chi connectivity index (χ2v) is 12.7. The van der Waals surface area contributed by atoms with Gasteiger partial charge >= 0.3 is 0 Å². The molecule has 0 saturated heterocycles. The summed E-state index contributed by atoms with van der Waals surface area (Å²) in [6, 6.07) is 22.5. The third-order valence-electron chi connectivity index (χ3n) is 6.42. The smallest absolute Gasteiger partial charge is 0.264 e. The van der Waals surface area contributed by atoms with Gasteiger partial charge in [-0.3, -0.25) is 13.9 Å². The van der Waals surface area contributed by atoms with Crippen molar-refractivity contribution in [1.29, 1.82) is 0 Å². The topological polar surface area (TPSA) is 86.8 Å². The number of nitrogens with one attached hydrogen (secondary N) is 1. The van der Waals surface area contributed by atoms with Crippen LogP contribution >= 0.6 is 0 Å². The number of carbonyl (C=O) groups excluding carboxylic acids is 2. The SMILES string of the molecule is Cc1ccc(S(=O)(=O)N(CC(=O)N(CCc2ccccc2)[C@@H](C)C(=O)NC(C)(C)C)c2ccccc2C)cc1. The van der Waals surface area contributed by atoms with Gasteiger partial charge < -0.3 is 10.2 Å². The molecule has 0 unspecified atom stereocenters. The highest BCUT2D eigenvalue weighted by atomic mass is 32.2. The van der Waals surface area contributed by atoms with Gasteiger partial charge in [0.15, 0.2) is 0 Å². The lowest BCUT2D eigenvalue weighted by molar-refractivity contribution is -0.139. The number of hydrogen-bond donors (Lipinski definition) is 1. The number of carbonyl (C=O) groups is 2. The second kappa shape index (κ2) is 12.5. The summed E-state index contributed by atoms with van der Waals surface area (Å²) < 4.78 is 29.0. The van der Waals surface area contributed by atoms with Crippen molar-refractivity contribution in [2.24, 2.45) is 0 Å². The van der Waals surface area contributed by atoms with Crippen molar-refractivity contribution in [3.05, 3.63) is 95.6 Å². The second-order valence-electron chi connectivity index (χ2n) is 10.8. The van der Waals surface area contributed by atoms with Crippen LogP contribution in [0.25, 0.3) is 0 Å². The first-order valence-electron chi connectivity index (χ1n) is 13.1.